The predicted octanol–water partition coefficient (Wildman–Crippen LogP) is 3.90. The van der Waals surface area contributed by atoms with Crippen molar-refractivity contribution in [2.45, 2.75) is 12.6 Å². The molecule has 3 heteroatoms. The highest BCUT2D eigenvalue weighted by Crippen LogP contribution is 2.10. The first-order chi connectivity index (χ1) is 9.74. The topological polar surface area (TPSA) is 35.2 Å². The van der Waals surface area contributed by atoms with E-state index in [9.17, 15) is 0 Å². The van der Waals surface area contributed by atoms with E-state index in [-0.39, 0.29) is 6.04 Å². The van der Waals surface area contributed by atoms with Gasteiger partial charge in [0.15, 0.2) is 0 Å². The molecule has 2 rings (SSSR count). The fraction of sp³-hybridized carbons (Fsp3) is 0.176. The fourth-order valence-corrected chi connectivity index (χ4v) is 1.88. The molecular weight excluding hydrogens is 270 g/mol. The molecule has 2 N–H and O–H groups in total. The Morgan fingerprint density at radius 2 is 1.75 bits per heavy atom. The van der Waals surface area contributed by atoms with Crippen molar-refractivity contribution < 1.29 is 4.74 Å². The molecule has 0 saturated carbocycles. The van der Waals surface area contributed by atoms with Crippen LogP contribution in [0.15, 0.2) is 60.7 Å². The lowest BCUT2D eigenvalue weighted by atomic mass is 10.2. The number of hydrogen-bond acceptors (Lipinski definition) is 2. The Bertz CT molecular complexity index is 537. The summed E-state index contributed by atoms with van der Waals surface area (Å²) < 4.78 is 5.59. The minimum atomic E-state index is -0.116. The van der Waals surface area contributed by atoms with Crippen molar-refractivity contribution in [3.8, 4) is 0 Å². The summed E-state index contributed by atoms with van der Waals surface area (Å²) in [4.78, 5) is 0. The van der Waals surface area contributed by atoms with Gasteiger partial charge in [-0.05, 0) is 23.3 Å². The number of rotatable bonds is 6. The lowest BCUT2D eigenvalue weighted by Gasteiger charge is -2.08. The second-order valence-corrected chi connectivity index (χ2v) is 5.01. The molecule has 1 atom stereocenters. The minimum absolute atomic E-state index is 0.116. The largest absolute Gasteiger partial charge is 0.375 e. The van der Waals surface area contributed by atoms with Crippen LogP contribution in [0.25, 0.3) is 6.08 Å². The summed E-state index contributed by atoms with van der Waals surface area (Å²) in [5.74, 6) is 0. The van der Waals surface area contributed by atoms with Crippen LogP contribution in [0.5, 0.6) is 0 Å². The maximum Gasteiger partial charge on any atom is 0.0717 e. The molecule has 104 valence electrons. The standard InChI is InChI=1S/C17H18ClNO/c18-16-9-6-14(7-10-16)8-11-17(19)13-20-12-15-4-2-1-3-5-15/h1-11,17H,12-13,19H2/b11-8-/t17-/m0/s1. The molecule has 0 unspecified atom stereocenters. The maximum atomic E-state index is 5.98. The number of nitrogens with two attached hydrogens (primary N) is 1. The van der Waals surface area contributed by atoms with Crippen LogP contribution in [0.3, 0.4) is 0 Å². The lowest BCUT2D eigenvalue weighted by molar-refractivity contribution is 0.116. The number of ether oxygens (including phenoxy) is 1. The molecule has 0 spiro atoms. The fourth-order valence-electron chi connectivity index (χ4n) is 1.75. The number of hydrogen-bond donors (Lipinski definition) is 1. The Labute approximate surface area is 124 Å². The van der Waals surface area contributed by atoms with Crippen molar-refractivity contribution in [3.05, 3.63) is 76.8 Å². The molecular formula is C17H18ClNO. The molecule has 0 heterocycles. The van der Waals surface area contributed by atoms with Crippen molar-refractivity contribution in [2.24, 2.45) is 5.73 Å². The summed E-state index contributed by atoms with van der Waals surface area (Å²) in [5.41, 5.74) is 8.21. The van der Waals surface area contributed by atoms with Crippen molar-refractivity contribution in [1.29, 1.82) is 0 Å². The summed E-state index contributed by atoms with van der Waals surface area (Å²) in [5, 5.41) is 0.734. The van der Waals surface area contributed by atoms with Crippen LogP contribution >= 0.6 is 11.6 Å². The molecule has 0 aromatic heterocycles. The van der Waals surface area contributed by atoms with Crippen LogP contribution < -0.4 is 5.73 Å². The molecule has 0 fully saturated rings. The van der Waals surface area contributed by atoms with Gasteiger partial charge in [-0.2, -0.15) is 0 Å². The van der Waals surface area contributed by atoms with Crippen LogP contribution in [0.1, 0.15) is 11.1 Å². The van der Waals surface area contributed by atoms with E-state index in [0.717, 1.165) is 16.1 Å². The van der Waals surface area contributed by atoms with Gasteiger partial charge in [0.05, 0.1) is 13.2 Å². The van der Waals surface area contributed by atoms with Gasteiger partial charge in [-0.1, -0.05) is 66.2 Å². The van der Waals surface area contributed by atoms with Gasteiger partial charge in [0.2, 0.25) is 0 Å². The molecule has 0 bridgehead atoms. The van der Waals surface area contributed by atoms with E-state index in [1.54, 1.807) is 0 Å². The highest BCUT2D eigenvalue weighted by atomic mass is 35.5. The van der Waals surface area contributed by atoms with E-state index in [2.05, 4.69) is 0 Å². The van der Waals surface area contributed by atoms with Crippen LogP contribution in [0, 0.1) is 0 Å². The monoisotopic (exact) mass is 287 g/mol. The van der Waals surface area contributed by atoms with Crippen molar-refractivity contribution in [2.75, 3.05) is 6.61 Å². The first-order valence-electron chi connectivity index (χ1n) is 6.55. The third-order valence-electron chi connectivity index (χ3n) is 2.83. The number of halogens is 1. The third kappa shape index (κ3) is 5.17. The average Bonchev–Trinajstić information content (AvgIpc) is 2.48. The highest BCUT2D eigenvalue weighted by molar-refractivity contribution is 6.30. The van der Waals surface area contributed by atoms with Crippen LogP contribution in [0.2, 0.25) is 5.02 Å². The Kier molecular flexibility index (Phi) is 5.81. The highest BCUT2D eigenvalue weighted by Gasteiger charge is 1.98. The molecule has 2 aromatic rings. The van der Waals surface area contributed by atoms with Gasteiger partial charge >= 0.3 is 0 Å². The summed E-state index contributed by atoms with van der Waals surface area (Å²) >= 11 is 5.83. The Hall–Kier alpha value is -1.61. The van der Waals surface area contributed by atoms with Gasteiger partial charge in [0, 0.05) is 11.1 Å². The second kappa shape index (κ2) is 7.85. The number of benzene rings is 2. The molecule has 0 aliphatic carbocycles. The molecule has 0 amide bonds. The molecule has 0 aliphatic rings. The van der Waals surface area contributed by atoms with Gasteiger partial charge < -0.3 is 10.5 Å². The molecule has 0 saturated heterocycles. The molecule has 0 radical (unpaired) electrons. The van der Waals surface area contributed by atoms with E-state index in [1.165, 1.54) is 0 Å². The van der Waals surface area contributed by atoms with E-state index < -0.39 is 0 Å². The second-order valence-electron chi connectivity index (χ2n) is 4.58. The summed E-state index contributed by atoms with van der Waals surface area (Å²) in [6.07, 6.45) is 3.92. The van der Waals surface area contributed by atoms with Crippen LogP contribution in [-0.2, 0) is 11.3 Å². The first kappa shape index (κ1) is 14.8. The van der Waals surface area contributed by atoms with Crippen molar-refractivity contribution in [1.82, 2.24) is 0 Å². The maximum absolute atomic E-state index is 5.98. The van der Waals surface area contributed by atoms with Crippen LogP contribution in [-0.4, -0.2) is 12.6 Å². The minimum Gasteiger partial charge on any atom is -0.375 e. The summed E-state index contributed by atoms with van der Waals surface area (Å²) in [6, 6.07) is 17.6. The predicted molar refractivity (Wildman–Crippen MR) is 84.6 cm³/mol. The lowest BCUT2D eigenvalue weighted by Crippen LogP contribution is -2.23. The van der Waals surface area contributed by atoms with E-state index in [0.29, 0.717) is 13.2 Å². The van der Waals surface area contributed by atoms with E-state index in [1.807, 2.05) is 66.7 Å². The Morgan fingerprint density at radius 3 is 2.45 bits per heavy atom. The van der Waals surface area contributed by atoms with E-state index >= 15 is 0 Å². The van der Waals surface area contributed by atoms with Crippen molar-refractivity contribution >= 4 is 17.7 Å². The van der Waals surface area contributed by atoms with Crippen molar-refractivity contribution in [3.63, 3.8) is 0 Å². The van der Waals surface area contributed by atoms with Crippen LogP contribution in [0.4, 0.5) is 0 Å². The zero-order valence-electron chi connectivity index (χ0n) is 11.2. The first-order valence-corrected chi connectivity index (χ1v) is 6.93. The Balaban J connectivity index is 1.75. The van der Waals surface area contributed by atoms with Gasteiger partial charge in [-0.25, -0.2) is 0 Å². The van der Waals surface area contributed by atoms with Gasteiger partial charge in [-0.15, -0.1) is 0 Å². The summed E-state index contributed by atoms with van der Waals surface area (Å²) in [6.45, 7) is 1.09. The van der Waals surface area contributed by atoms with E-state index in [4.69, 9.17) is 22.1 Å². The quantitative estimate of drug-likeness (QED) is 0.874. The smallest absolute Gasteiger partial charge is 0.0717 e. The SMILES string of the molecule is N[C@@H](/C=C\c1ccc(Cl)cc1)COCc1ccccc1. The molecule has 0 aliphatic heterocycles. The molecule has 2 aromatic carbocycles. The Morgan fingerprint density at radius 1 is 1.05 bits per heavy atom. The zero-order valence-corrected chi connectivity index (χ0v) is 12.0. The zero-order chi connectivity index (χ0) is 14.2. The van der Waals surface area contributed by atoms with Gasteiger partial charge in [-0.3, -0.25) is 0 Å². The molecule has 2 nitrogen and oxygen atoms in total. The third-order valence-corrected chi connectivity index (χ3v) is 3.08. The average molecular weight is 288 g/mol. The van der Waals surface area contributed by atoms with Gasteiger partial charge in [0.1, 0.15) is 0 Å². The normalized spacial score (nSPS) is 12.7. The summed E-state index contributed by atoms with van der Waals surface area (Å²) in [7, 11) is 0. The molecule has 20 heavy (non-hydrogen) atoms. The van der Waals surface area contributed by atoms with Gasteiger partial charge in [0.25, 0.3) is 0 Å².